The number of nitrogens with zero attached hydrogens (tertiary/aromatic N) is 4. The average Bonchev–Trinajstić information content (AvgIpc) is 3.01. The van der Waals surface area contributed by atoms with Crippen LogP contribution in [0.2, 0.25) is 0 Å². The first-order valence-corrected chi connectivity index (χ1v) is 10.2. The van der Waals surface area contributed by atoms with Crippen molar-refractivity contribution >= 4 is 11.9 Å². The number of piperidine rings is 1. The molecule has 7 nitrogen and oxygen atoms in total. The Balaban J connectivity index is 1.83. The van der Waals surface area contributed by atoms with Crippen molar-refractivity contribution in [3.63, 3.8) is 0 Å². The Bertz CT molecular complexity index is 892. The van der Waals surface area contributed by atoms with Gasteiger partial charge in [0.15, 0.2) is 0 Å². The largest absolute Gasteiger partial charge is 0.466 e. The number of rotatable bonds is 6. The fraction of sp³-hybridized carbons (Fsp3) is 0.545. The van der Waals surface area contributed by atoms with Gasteiger partial charge in [0, 0.05) is 13.1 Å². The van der Waals surface area contributed by atoms with Gasteiger partial charge in [-0.3, -0.25) is 9.59 Å². The highest BCUT2D eigenvalue weighted by Crippen LogP contribution is 2.36. The van der Waals surface area contributed by atoms with Crippen molar-refractivity contribution in [2.45, 2.75) is 53.5 Å². The van der Waals surface area contributed by atoms with Crippen molar-refractivity contribution in [3.05, 3.63) is 47.0 Å². The lowest BCUT2D eigenvalue weighted by atomic mass is 9.74. The zero-order valence-corrected chi connectivity index (χ0v) is 17.8. The number of ether oxygens (including phenoxy) is 1. The van der Waals surface area contributed by atoms with Gasteiger partial charge in [0.2, 0.25) is 5.91 Å². The summed E-state index contributed by atoms with van der Waals surface area (Å²) >= 11 is 0. The Kier molecular flexibility index (Phi) is 6.35. The first-order chi connectivity index (χ1) is 13.8. The van der Waals surface area contributed by atoms with Crippen molar-refractivity contribution in [2.24, 2.45) is 5.41 Å². The third kappa shape index (κ3) is 4.66. The van der Waals surface area contributed by atoms with E-state index in [1.165, 1.54) is 0 Å². The summed E-state index contributed by atoms with van der Waals surface area (Å²) in [6.07, 6.45) is 2.06. The minimum Gasteiger partial charge on any atom is -0.466 e. The van der Waals surface area contributed by atoms with Crippen molar-refractivity contribution in [1.29, 1.82) is 0 Å². The Hall–Kier alpha value is -2.70. The SMILES string of the molecule is CCOC(=O)[C@@]1(Cc2ccccc2C)CCCN(C(=O)Cn2nc(C)nc2C)C1. The molecule has 2 aromatic rings. The number of benzene rings is 1. The van der Waals surface area contributed by atoms with E-state index in [4.69, 9.17) is 4.74 Å². The van der Waals surface area contributed by atoms with Crippen LogP contribution in [0.3, 0.4) is 0 Å². The summed E-state index contributed by atoms with van der Waals surface area (Å²) in [6, 6.07) is 8.09. The Morgan fingerprint density at radius 3 is 2.62 bits per heavy atom. The number of carbonyl (C=O) groups is 2. The molecule has 156 valence electrons. The minimum atomic E-state index is -0.719. The second-order valence-corrected chi connectivity index (χ2v) is 7.89. The maximum Gasteiger partial charge on any atom is 0.314 e. The lowest BCUT2D eigenvalue weighted by Crippen LogP contribution is -2.52. The minimum absolute atomic E-state index is 0.0452. The number of esters is 1. The molecule has 0 aliphatic carbocycles. The molecule has 29 heavy (non-hydrogen) atoms. The standard InChI is InChI=1S/C22H30N4O3/c1-5-29-21(28)22(13-19-10-7-6-9-16(19)2)11-8-12-25(15-22)20(27)14-26-18(4)23-17(3)24-26/h6-7,9-10H,5,8,11-15H2,1-4H3/t22-/m1/s1. The number of carbonyl (C=O) groups excluding carboxylic acids is 2. The lowest BCUT2D eigenvalue weighted by Gasteiger charge is -2.41. The number of hydrogen-bond donors (Lipinski definition) is 0. The molecule has 1 atom stereocenters. The molecule has 1 fully saturated rings. The number of amides is 1. The summed E-state index contributed by atoms with van der Waals surface area (Å²) in [5, 5.41) is 4.29. The van der Waals surface area contributed by atoms with E-state index in [0.29, 0.717) is 44.2 Å². The molecule has 1 aliphatic rings. The summed E-state index contributed by atoms with van der Waals surface area (Å²) in [4.78, 5) is 32.1. The molecule has 0 radical (unpaired) electrons. The van der Waals surface area contributed by atoms with E-state index >= 15 is 0 Å². The zero-order valence-electron chi connectivity index (χ0n) is 17.8. The topological polar surface area (TPSA) is 77.3 Å². The van der Waals surface area contributed by atoms with Crippen LogP contribution in [-0.2, 0) is 27.3 Å². The monoisotopic (exact) mass is 398 g/mol. The highest BCUT2D eigenvalue weighted by Gasteiger charge is 2.45. The molecular formula is C22H30N4O3. The maximum atomic E-state index is 13.0. The van der Waals surface area contributed by atoms with E-state index in [2.05, 4.69) is 29.1 Å². The van der Waals surface area contributed by atoms with E-state index in [1.54, 1.807) is 9.58 Å². The zero-order chi connectivity index (χ0) is 21.0. The van der Waals surface area contributed by atoms with Gasteiger partial charge in [0.1, 0.15) is 18.2 Å². The van der Waals surface area contributed by atoms with Gasteiger partial charge in [-0.15, -0.1) is 0 Å². The van der Waals surface area contributed by atoms with Crippen LogP contribution >= 0.6 is 0 Å². The molecule has 1 amide bonds. The van der Waals surface area contributed by atoms with Crippen molar-refractivity contribution < 1.29 is 14.3 Å². The second kappa shape index (κ2) is 8.76. The smallest absolute Gasteiger partial charge is 0.314 e. The van der Waals surface area contributed by atoms with Crippen molar-refractivity contribution in [2.75, 3.05) is 19.7 Å². The molecule has 0 N–H and O–H groups in total. The molecule has 1 saturated heterocycles. The summed E-state index contributed by atoms with van der Waals surface area (Å²) in [5.41, 5.74) is 1.55. The van der Waals surface area contributed by atoms with Crippen LogP contribution in [0.25, 0.3) is 0 Å². The first kappa shape index (κ1) is 21.0. The van der Waals surface area contributed by atoms with E-state index in [0.717, 1.165) is 17.5 Å². The number of aryl methyl sites for hydroxylation is 3. The number of likely N-dealkylation sites (tertiary alicyclic amines) is 1. The average molecular weight is 399 g/mol. The van der Waals surface area contributed by atoms with Gasteiger partial charge in [-0.1, -0.05) is 24.3 Å². The van der Waals surface area contributed by atoms with Crippen LogP contribution in [0, 0.1) is 26.2 Å². The molecule has 0 bridgehead atoms. The van der Waals surface area contributed by atoms with E-state index in [-0.39, 0.29) is 18.4 Å². The van der Waals surface area contributed by atoms with Crippen LogP contribution in [0.4, 0.5) is 0 Å². The maximum absolute atomic E-state index is 13.0. The van der Waals surface area contributed by atoms with Gasteiger partial charge >= 0.3 is 5.97 Å². The molecule has 7 heteroatoms. The molecule has 3 rings (SSSR count). The number of hydrogen-bond acceptors (Lipinski definition) is 5. The van der Waals surface area contributed by atoms with Gasteiger partial charge in [-0.2, -0.15) is 5.10 Å². The molecule has 2 heterocycles. The summed E-state index contributed by atoms with van der Waals surface area (Å²) in [7, 11) is 0. The fourth-order valence-corrected chi connectivity index (χ4v) is 4.12. The lowest BCUT2D eigenvalue weighted by molar-refractivity contribution is -0.161. The van der Waals surface area contributed by atoms with Gasteiger partial charge < -0.3 is 9.64 Å². The molecule has 0 unspecified atom stereocenters. The molecule has 1 aromatic heterocycles. The highest BCUT2D eigenvalue weighted by atomic mass is 16.5. The van der Waals surface area contributed by atoms with Crippen molar-refractivity contribution in [1.82, 2.24) is 19.7 Å². The molecule has 1 aliphatic heterocycles. The summed E-state index contributed by atoms with van der Waals surface area (Å²) in [6.45, 7) is 8.99. The Morgan fingerprint density at radius 1 is 1.21 bits per heavy atom. The first-order valence-electron chi connectivity index (χ1n) is 10.2. The van der Waals surface area contributed by atoms with Crippen LogP contribution in [0.15, 0.2) is 24.3 Å². The van der Waals surface area contributed by atoms with Crippen LogP contribution in [0.5, 0.6) is 0 Å². The van der Waals surface area contributed by atoms with Gasteiger partial charge in [0.05, 0.1) is 12.0 Å². The van der Waals surface area contributed by atoms with Gasteiger partial charge in [-0.25, -0.2) is 9.67 Å². The quantitative estimate of drug-likeness (QED) is 0.699. The highest BCUT2D eigenvalue weighted by molar-refractivity contribution is 5.81. The van der Waals surface area contributed by atoms with Crippen molar-refractivity contribution in [3.8, 4) is 0 Å². The third-order valence-electron chi connectivity index (χ3n) is 5.68. The normalized spacial score (nSPS) is 19.2. The molecular weight excluding hydrogens is 368 g/mol. The van der Waals surface area contributed by atoms with Crippen LogP contribution in [0.1, 0.15) is 42.5 Å². The van der Waals surface area contributed by atoms with E-state index < -0.39 is 5.41 Å². The van der Waals surface area contributed by atoms with E-state index in [9.17, 15) is 9.59 Å². The predicted octanol–water partition coefficient (Wildman–Crippen LogP) is 2.62. The summed E-state index contributed by atoms with van der Waals surface area (Å²) in [5.74, 6) is 1.10. The number of aromatic nitrogens is 3. The van der Waals surface area contributed by atoms with Crippen LogP contribution < -0.4 is 0 Å². The fourth-order valence-electron chi connectivity index (χ4n) is 4.12. The van der Waals surface area contributed by atoms with Crippen LogP contribution in [-0.4, -0.2) is 51.2 Å². The summed E-state index contributed by atoms with van der Waals surface area (Å²) < 4.78 is 7.09. The van der Waals surface area contributed by atoms with Gasteiger partial charge in [0.25, 0.3) is 0 Å². The van der Waals surface area contributed by atoms with E-state index in [1.807, 2.05) is 32.9 Å². The predicted molar refractivity (Wildman–Crippen MR) is 109 cm³/mol. The molecule has 0 spiro atoms. The Morgan fingerprint density at radius 2 is 1.97 bits per heavy atom. The molecule has 0 saturated carbocycles. The third-order valence-corrected chi connectivity index (χ3v) is 5.68. The second-order valence-electron chi connectivity index (χ2n) is 7.89. The Labute approximate surface area is 172 Å². The molecule has 1 aromatic carbocycles. The van der Waals surface area contributed by atoms with Gasteiger partial charge in [-0.05, 0) is 58.1 Å².